The number of carbonyl (C=O) groups excluding carboxylic acids is 1. The van der Waals surface area contributed by atoms with Crippen LogP contribution in [0.25, 0.3) is 0 Å². The molecule has 0 bridgehead atoms. The molecule has 0 radical (unpaired) electrons. The maximum absolute atomic E-state index is 12.6. The van der Waals surface area contributed by atoms with Gasteiger partial charge in [0.2, 0.25) is 5.88 Å². The van der Waals surface area contributed by atoms with E-state index in [-0.39, 0.29) is 18.1 Å². The van der Waals surface area contributed by atoms with Crippen LogP contribution >= 0.6 is 0 Å². The summed E-state index contributed by atoms with van der Waals surface area (Å²) in [5, 5.41) is 3.08. The Morgan fingerprint density at radius 2 is 2.42 bits per heavy atom. The molecule has 7 heteroatoms. The lowest BCUT2D eigenvalue weighted by molar-refractivity contribution is -0.00303. The second-order valence-electron chi connectivity index (χ2n) is 5.77. The molecular weight excluding hydrogens is 308 g/mol. The SMILES string of the molecule is CCOc1ncccc1C(=O)N[C@H]1CCO[C@H](c2cncn2C)C1. The molecule has 0 aliphatic carbocycles. The van der Waals surface area contributed by atoms with Gasteiger partial charge in [-0.2, -0.15) is 0 Å². The van der Waals surface area contributed by atoms with Crippen molar-refractivity contribution in [3.8, 4) is 5.88 Å². The first-order valence-corrected chi connectivity index (χ1v) is 8.15. The summed E-state index contributed by atoms with van der Waals surface area (Å²) in [5.41, 5.74) is 1.48. The zero-order valence-electron chi connectivity index (χ0n) is 13.9. The lowest BCUT2D eigenvalue weighted by atomic mass is 10.0. The number of aromatic nitrogens is 3. The van der Waals surface area contributed by atoms with Crippen molar-refractivity contribution in [3.63, 3.8) is 0 Å². The minimum absolute atomic E-state index is 0.0424. The zero-order valence-corrected chi connectivity index (χ0v) is 13.9. The average Bonchev–Trinajstić information content (AvgIpc) is 3.02. The molecule has 0 saturated carbocycles. The van der Waals surface area contributed by atoms with Crippen LogP contribution in [-0.4, -0.2) is 39.7 Å². The van der Waals surface area contributed by atoms with Crippen molar-refractivity contribution in [1.29, 1.82) is 0 Å². The number of imidazole rings is 1. The van der Waals surface area contributed by atoms with Crippen LogP contribution in [0.2, 0.25) is 0 Å². The number of carbonyl (C=O) groups is 1. The van der Waals surface area contributed by atoms with E-state index < -0.39 is 0 Å². The molecule has 3 rings (SSSR count). The van der Waals surface area contributed by atoms with Gasteiger partial charge in [-0.15, -0.1) is 0 Å². The Hall–Kier alpha value is -2.41. The van der Waals surface area contributed by atoms with Crippen LogP contribution < -0.4 is 10.1 Å². The van der Waals surface area contributed by atoms with Crippen molar-refractivity contribution >= 4 is 5.91 Å². The van der Waals surface area contributed by atoms with Crippen LogP contribution in [0.5, 0.6) is 5.88 Å². The normalized spacial score (nSPS) is 20.6. The van der Waals surface area contributed by atoms with Crippen LogP contribution in [0.1, 0.15) is 41.9 Å². The number of hydrogen-bond donors (Lipinski definition) is 1. The summed E-state index contributed by atoms with van der Waals surface area (Å²) in [5.74, 6) is 0.204. The molecule has 128 valence electrons. The van der Waals surface area contributed by atoms with Crippen LogP contribution in [0.15, 0.2) is 30.9 Å². The minimum atomic E-state index is -0.165. The van der Waals surface area contributed by atoms with Gasteiger partial charge < -0.3 is 19.4 Å². The fourth-order valence-electron chi connectivity index (χ4n) is 2.89. The van der Waals surface area contributed by atoms with Crippen molar-refractivity contribution in [3.05, 3.63) is 42.1 Å². The number of amides is 1. The van der Waals surface area contributed by atoms with Crippen molar-refractivity contribution in [2.75, 3.05) is 13.2 Å². The summed E-state index contributed by atoms with van der Waals surface area (Å²) in [6, 6.07) is 3.51. The smallest absolute Gasteiger partial charge is 0.256 e. The largest absolute Gasteiger partial charge is 0.477 e. The first kappa shape index (κ1) is 16.4. The van der Waals surface area contributed by atoms with Gasteiger partial charge in [-0.3, -0.25) is 4.79 Å². The van der Waals surface area contributed by atoms with E-state index >= 15 is 0 Å². The average molecular weight is 330 g/mol. The number of hydrogen-bond acceptors (Lipinski definition) is 5. The molecule has 1 aliphatic rings. The monoisotopic (exact) mass is 330 g/mol. The van der Waals surface area contributed by atoms with Crippen LogP contribution in [0.3, 0.4) is 0 Å². The highest BCUT2D eigenvalue weighted by atomic mass is 16.5. The van der Waals surface area contributed by atoms with Gasteiger partial charge in [-0.25, -0.2) is 9.97 Å². The van der Waals surface area contributed by atoms with Crippen molar-refractivity contribution < 1.29 is 14.3 Å². The fraction of sp³-hybridized carbons (Fsp3) is 0.471. The van der Waals surface area contributed by atoms with Crippen molar-refractivity contribution in [1.82, 2.24) is 19.9 Å². The van der Waals surface area contributed by atoms with Gasteiger partial charge in [0, 0.05) is 25.9 Å². The molecule has 0 spiro atoms. The summed E-state index contributed by atoms with van der Waals surface area (Å²) >= 11 is 0. The molecule has 24 heavy (non-hydrogen) atoms. The number of ether oxygens (including phenoxy) is 2. The number of nitrogens with zero attached hydrogens (tertiary/aromatic N) is 3. The standard InChI is InChI=1S/C17H22N4O3/c1-3-23-17-13(5-4-7-19-17)16(22)20-12-6-8-24-15(9-12)14-10-18-11-21(14)2/h4-5,7,10-12,15H,3,6,8-9H2,1-2H3,(H,20,22)/t12-,15-/m0/s1. The van der Waals surface area contributed by atoms with Gasteiger partial charge in [-0.05, 0) is 31.9 Å². The van der Waals surface area contributed by atoms with E-state index in [2.05, 4.69) is 15.3 Å². The summed E-state index contributed by atoms with van der Waals surface area (Å²) < 4.78 is 13.2. The molecule has 2 aromatic heterocycles. The molecule has 2 aromatic rings. The molecule has 2 atom stereocenters. The molecule has 1 N–H and O–H groups in total. The summed E-state index contributed by atoms with van der Waals surface area (Å²) in [7, 11) is 1.94. The molecule has 0 aromatic carbocycles. The van der Waals surface area contributed by atoms with E-state index in [4.69, 9.17) is 9.47 Å². The van der Waals surface area contributed by atoms with E-state index in [1.807, 2.05) is 24.7 Å². The second-order valence-corrected chi connectivity index (χ2v) is 5.77. The minimum Gasteiger partial charge on any atom is -0.477 e. The topological polar surface area (TPSA) is 78.3 Å². The zero-order chi connectivity index (χ0) is 16.9. The van der Waals surface area contributed by atoms with Gasteiger partial charge in [0.15, 0.2) is 0 Å². The van der Waals surface area contributed by atoms with Gasteiger partial charge in [0.1, 0.15) is 11.7 Å². The highest BCUT2D eigenvalue weighted by Gasteiger charge is 2.27. The Morgan fingerprint density at radius 1 is 1.54 bits per heavy atom. The van der Waals surface area contributed by atoms with E-state index in [0.717, 1.165) is 18.5 Å². The maximum Gasteiger partial charge on any atom is 0.256 e. The Morgan fingerprint density at radius 3 is 3.17 bits per heavy atom. The van der Waals surface area contributed by atoms with E-state index in [1.54, 1.807) is 24.7 Å². The molecule has 1 saturated heterocycles. The number of pyridine rings is 1. The van der Waals surface area contributed by atoms with Gasteiger partial charge in [-0.1, -0.05) is 0 Å². The molecule has 3 heterocycles. The second kappa shape index (κ2) is 7.44. The number of nitrogens with one attached hydrogen (secondary N) is 1. The van der Waals surface area contributed by atoms with Crippen LogP contribution in [-0.2, 0) is 11.8 Å². The third kappa shape index (κ3) is 3.56. The van der Waals surface area contributed by atoms with Crippen LogP contribution in [0.4, 0.5) is 0 Å². The predicted molar refractivity (Wildman–Crippen MR) is 87.8 cm³/mol. The van der Waals surface area contributed by atoms with E-state index in [0.29, 0.717) is 24.7 Å². The van der Waals surface area contributed by atoms with Gasteiger partial charge >= 0.3 is 0 Å². The molecule has 0 unspecified atom stereocenters. The van der Waals surface area contributed by atoms with Crippen molar-refractivity contribution in [2.24, 2.45) is 7.05 Å². The van der Waals surface area contributed by atoms with E-state index in [9.17, 15) is 4.79 Å². The lowest BCUT2D eigenvalue weighted by Gasteiger charge is -2.30. The summed E-state index contributed by atoms with van der Waals surface area (Å²) in [6.45, 7) is 2.94. The Labute approximate surface area is 141 Å². The summed E-state index contributed by atoms with van der Waals surface area (Å²) in [6.07, 6.45) is 6.62. The first-order valence-electron chi connectivity index (χ1n) is 8.15. The van der Waals surface area contributed by atoms with Crippen LogP contribution in [0, 0.1) is 0 Å². The number of aryl methyl sites for hydroxylation is 1. The van der Waals surface area contributed by atoms with Crippen molar-refractivity contribution in [2.45, 2.75) is 31.9 Å². The third-order valence-corrected chi connectivity index (χ3v) is 4.10. The Kier molecular flexibility index (Phi) is 5.10. The number of rotatable bonds is 5. The quantitative estimate of drug-likeness (QED) is 0.905. The van der Waals surface area contributed by atoms with Gasteiger partial charge in [0.05, 0.1) is 24.8 Å². The van der Waals surface area contributed by atoms with Gasteiger partial charge in [0.25, 0.3) is 5.91 Å². The molecular formula is C17H22N4O3. The molecule has 7 nitrogen and oxygen atoms in total. The Bertz CT molecular complexity index is 701. The first-order chi connectivity index (χ1) is 11.7. The Balaban J connectivity index is 1.67. The molecule has 1 fully saturated rings. The van der Waals surface area contributed by atoms with E-state index in [1.165, 1.54) is 0 Å². The predicted octanol–water partition coefficient (Wildman–Crippen LogP) is 1.86. The lowest BCUT2D eigenvalue weighted by Crippen LogP contribution is -2.40. The highest BCUT2D eigenvalue weighted by molar-refractivity contribution is 5.96. The third-order valence-electron chi connectivity index (χ3n) is 4.10. The fourth-order valence-corrected chi connectivity index (χ4v) is 2.89. The maximum atomic E-state index is 12.6. The summed E-state index contributed by atoms with van der Waals surface area (Å²) in [4.78, 5) is 20.8. The highest BCUT2D eigenvalue weighted by Crippen LogP contribution is 2.28. The molecule has 1 aliphatic heterocycles. The molecule has 1 amide bonds.